The Morgan fingerprint density at radius 2 is 2.24 bits per heavy atom. The van der Waals surface area contributed by atoms with E-state index in [4.69, 9.17) is 17.3 Å². The monoisotopic (exact) mass is 253 g/mol. The van der Waals surface area contributed by atoms with Gasteiger partial charge in [-0.05, 0) is 24.6 Å². The largest absolute Gasteiger partial charge is 0.326 e. The number of aromatic nitrogens is 2. The summed E-state index contributed by atoms with van der Waals surface area (Å²) in [7, 11) is 0. The zero-order valence-corrected chi connectivity index (χ0v) is 10.2. The van der Waals surface area contributed by atoms with E-state index in [1.165, 1.54) is 6.07 Å². The first-order valence-electron chi connectivity index (χ1n) is 5.27. The molecular formula is C12H13ClFN3. The number of halogens is 2. The first kappa shape index (κ1) is 12.1. The predicted molar refractivity (Wildman–Crippen MR) is 65.4 cm³/mol. The summed E-state index contributed by atoms with van der Waals surface area (Å²) in [5.74, 6) is -0.272. The molecule has 0 amide bonds. The summed E-state index contributed by atoms with van der Waals surface area (Å²) in [6.45, 7) is 2.65. The highest BCUT2D eigenvalue weighted by atomic mass is 35.5. The topological polar surface area (TPSA) is 43.8 Å². The SMILES string of the molecule is Cc1c(Cl)cnn1Cc1ccc(F)c(CN)c1. The minimum absolute atomic E-state index is 0.193. The summed E-state index contributed by atoms with van der Waals surface area (Å²) in [5.41, 5.74) is 7.82. The maximum atomic E-state index is 13.3. The van der Waals surface area contributed by atoms with E-state index in [-0.39, 0.29) is 12.4 Å². The standard InChI is InChI=1S/C12H13ClFN3/c1-8-11(13)6-16-17(8)7-9-2-3-12(14)10(4-9)5-15/h2-4,6H,5,7,15H2,1H3. The van der Waals surface area contributed by atoms with E-state index in [2.05, 4.69) is 5.10 Å². The molecule has 0 unspecified atom stereocenters. The smallest absolute Gasteiger partial charge is 0.127 e. The second-order valence-electron chi connectivity index (χ2n) is 3.87. The molecule has 3 nitrogen and oxygen atoms in total. The average Bonchev–Trinajstić information content (AvgIpc) is 2.63. The Hall–Kier alpha value is -1.39. The van der Waals surface area contributed by atoms with Crippen molar-refractivity contribution in [3.8, 4) is 0 Å². The molecule has 0 aliphatic rings. The van der Waals surface area contributed by atoms with Gasteiger partial charge in [0.1, 0.15) is 5.82 Å². The van der Waals surface area contributed by atoms with Crippen LogP contribution in [0.4, 0.5) is 4.39 Å². The fourth-order valence-electron chi connectivity index (χ4n) is 1.64. The molecule has 0 fully saturated rings. The van der Waals surface area contributed by atoms with Crippen LogP contribution in [-0.4, -0.2) is 9.78 Å². The van der Waals surface area contributed by atoms with E-state index in [1.54, 1.807) is 23.0 Å². The normalized spacial score (nSPS) is 10.8. The average molecular weight is 254 g/mol. The number of nitrogens with two attached hydrogens (primary N) is 1. The lowest BCUT2D eigenvalue weighted by molar-refractivity contribution is 0.606. The van der Waals surface area contributed by atoms with E-state index in [0.29, 0.717) is 17.1 Å². The zero-order valence-electron chi connectivity index (χ0n) is 9.45. The molecule has 1 aromatic carbocycles. The van der Waals surface area contributed by atoms with Gasteiger partial charge in [0, 0.05) is 12.1 Å². The molecule has 0 aliphatic heterocycles. The van der Waals surface area contributed by atoms with Crippen LogP contribution in [0.3, 0.4) is 0 Å². The van der Waals surface area contributed by atoms with Crippen LogP contribution in [0.15, 0.2) is 24.4 Å². The van der Waals surface area contributed by atoms with Gasteiger partial charge in [-0.2, -0.15) is 5.10 Å². The lowest BCUT2D eigenvalue weighted by Gasteiger charge is -2.07. The molecule has 5 heteroatoms. The molecule has 0 spiro atoms. The lowest BCUT2D eigenvalue weighted by Crippen LogP contribution is -2.06. The first-order valence-corrected chi connectivity index (χ1v) is 5.65. The van der Waals surface area contributed by atoms with Crippen LogP contribution >= 0.6 is 11.6 Å². The molecule has 2 rings (SSSR count). The molecule has 0 bridgehead atoms. The van der Waals surface area contributed by atoms with Gasteiger partial charge in [-0.15, -0.1) is 0 Å². The molecule has 0 aliphatic carbocycles. The van der Waals surface area contributed by atoms with Gasteiger partial charge in [-0.25, -0.2) is 4.39 Å². The zero-order chi connectivity index (χ0) is 12.4. The van der Waals surface area contributed by atoms with Crippen LogP contribution in [0.1, 0.15) is 16.8 Å². The van der Waals surface area contributed by atoms with E-state index in [1.807, 2.05) is 6.92 Å². The summed E-state index contributed by atoms with van der Waals surface area (Å²) >= 11 is 5.92. The summed E-state index contributed by atoms with van der Waals surface area (Å²) < 4.78 is 15.0. The van der Waals surface area contributed by atoms with Crippen molar-refractivity contribution < 1.29 is 4.39 Å². The van der Waals surface area contributed by atoms with Crippen molar-refractivity contribution in [2.24, 2.45) is 5.73 Å². The van der Waals surface area contributed by atoms with Gasteiger partial charge in [0.2, 0.25) is 0 Å². The van der Waals surface area contributed by atoms with E-state index >= 15 is 0 Å². The number of hydrogen-bond donors (Lipinski definition) is 1. The summed E-state index contributed by atoms with van der Waals surface area (Å²) in [5, 5.41) is 4.78. The highest BCUT2D eigenvalue weighted by molar-refractivity contribution is 6.31. The third-order valence-electron chi connectivity index (χ3n) is 2.71. The Kier molecular flexibility index (Phi) is 3.45. The van der Waals surface area contributed by atoms with Crippen molar-refractivity contribution in [2.45, 2.75) is 20.0 Å². The second-order valence-corrected chi connectivity index (χ2v) is 4.27. The van der Waals surface area contributed by atoms with Crippen molar-refractivity contribution >= 4 is 11.6 Å². The molecule has 0 atom stereocenters. The maximum absolute atomic E-state index is 13.3. The van der Waals surface area contributed by atoms with Crippen molar-refractivity contribution in [3.05, 3.63) is 52.1 Å². The Balaban J connectivity index is 2.27. The van der Waals surface area contributed by atoms with Crippen LogP contribution in [0.5, 0.6) is 0 Å². The maximum Gasteiger partial charge on any atom is 0.127 e. The third kappa shape index (κ3) is 2.48. The van der Waals surface area contributed by atoms with Crippen LogP contribution < -0.4 is 5.73 Å². The molecule has 1 aromatic heterocycles. The van der Waals surface area contributed by atoms with Crippen molar-refractivity contribution in [1.82, 2.24) is 9.78 Å². The van der Waals surface area contributed by atoms with Gasteiger partial charge >= 0.3 is 0 Å². The molecule has 0 saturated heterocycles. The quantitative estimate of drug-likeness (QED) is 0.913. The lowest BCUT2D eigenvalue weighted by atomic mass is 10.1. The molecular weight excluding hydrogens is 241 g/mol. The summed E-state index contributed by atoms with van der Waals surface area (Å²) in [6, 6.07) is 4.91. The van der Waals surface area contributed by atoms with Gasteiger partial charge in [0.05, 0.1) is 23.5 Å². The molecule has 90 valence electrons. The fraction of sp³-hybridized carbons (Fsp3) is 0.250. The Bertz CT molecular complexity index is 537. The summed E-state index contributed by atoms with van der Waals surface area (Å²) in [4.78, 5) is 0. The van der Waals surface area contributed by atoms with Crippen LogP contribution in [0.2, 0.25) is 5.02 Å². The van der Waals surface area contributed by atoms with Gasteiger partial charge in [-0.1, -0.05) is 17.7 Å². The van der Waals surface area contributed by atoms with E-state index in [0.717, 1.165) is 11.3 Å². The Morgan fingerprint density at radius 1 is 1.47 bits per heavy atom. The molecule has 0 saturated carbocycles. The van der Waals surface area contributed by atoms with Crippen LogP contribution in [0.25, 0.3) is 0 Å². The molecule has 17 heavy (non-hydrogen) atoms. The number of nitrogens with zero attached hydrogens (tertiary/aromatic N) is 2. The second kappa shape index (κ2) is 4.85. The Morgan fingerprint density at radius 3 is 2.82 bits per heavy atom. The predicted octanol–water partition coefficient (Wildman–Crippen LogP) is 2.49. The Labute approximate surface area is 104 Å². The van der Waals surface area contributed by atoms with Gasteiger partial charge in [0.25, 0.3) is 0 Å². The molecule has 2 N–H and O–H groups in total. The number of rotatable bonds is 3. The number of hydrogen-bond acceptors (Lipinski definition) is 2. The minimum atomic E-state index is -0.272. The van der Waals surface area contributed by atoms with Gasteiger partial charge < -0.3 is 5.73 Å². The fourth-order valence-corrected chi connectivity index (χ4v) is 1.78. The van der Waals surface area contributed by atoms with Gasteiger partial charge in [-0.3, -0.25) is 4.68 Å². The minimum Gasteiger partial charge on any atom is -0.326 e. The van der Waals surface area contributed by atoms with E-state index < -0.39 is 0 Å². The van der Waals surface area contributed by atoms with Crippen molar-refractivity contribution in [1.29, 1.82) is 0 Å². The molecule has 2 aromatic rings. The van der Waals surface area contributed by atoms with E-state index in [9.17, 15) is 4.39 Å². The van der Waals surface area contributed by atoms with Crippen LogP contribution in [-0.2, 0) is 13.1 Å². The molecule has 1 heterocycles. The van der Waals surface area contributed by atoms with Crippen molar-refractivity contribution in [3.63, 3.8) is 0 Å². The highest BCUT2D eigenvalue weighted by Gasteiger charge is 2.06. The van der Waals surface area contributed by atoms with Gasteiger partial charge in [0.15, 0.2) is 0 Å². The first-order chi connectivity index (χ1) is 8.11. The van der Waals surface area contributed by atoms with Crippen LogP contribution in [0, 0.1) is 12.7 Å². The third-order valence-corrected chi connectivity index (χ3v) is 3.08. The summed E-state index contributed by atoms with van der Waals surface area (Å²) in [6.07, 6.45) is 1.60. The molecule has 0 radical (unpaired) electrons. The van der Waals surface area contributed by atoms with Crippen molar-refractivity contribution in [2.75, 3.05) is 0 Å². The number of benzene rings is 1. The highest BCUT2D eigenvalue weighted by Crippen LogP contribution is 2.16.